The van der Waals surface area contributed by atoms with Gasteiger partial charge >= 0.3 is 11.9 Å². The Morgan fingerprint density at radius 2 is 1.56 bits per heavy atom. The Bertz CT molecular complexity index is 722. The zero-order chi connectivity index (χ0) is 19.1. The minimum Gasteiger partial charge on any atom is -0.465 e. The molecule has 0 N–H and O–H groups in total. The number of alkyl halides is 1. The van der Waals surface area contributed by atoms with Crippen molar-refractivity contribution in [3.05, 3.63) is 41.3 Å². The molecule has 25 heavy (non-hydrogen) atoms. The summed E-state index contributed by atoms with van der Waals surface area (Å²) in [6.07, 6.45) is 0. The van der Waals surface area contributed by atoms with Gasteiger partial charge in [0.15, 0.2) is 15.3 Å². The van der Waals surface area contributed by atoms with E-state index in [1.165, 1.54) is 19.1 Å². The van der Waals surface area contributed by atoms with E-state index in [-0.39, 0.29) is 29.0 Å². The first-order valence-corrected chi connectivity index (χ1v) is 10.3. The highest BCUT2D eigenvalue weighted by Gasteiger charge is 2.48. The fourth-order valence-electron chi connectivity index (χ4n) is 2.04. The van der Waals surface area contributed by atoms with Crippen LogP contribution < -0.4 is 0 Å². The Balaban J connectivity index is 3.48. The summed E-state index contributed by atoms with van der Waals surface area (Å²) in [6.45, 7) is 4.60. The molecule has 1 aromatic carbocycles. The van der Waals surface area contributed by atoms with E-state index in [1.807, 2.05) is 0 Å². The van der Waals surface area contributed by atoms with E-state index in [1.54, 1.807) is 32.0 Å². The van der Waals surface area contributed by atoms with Crippen molar-refractivity contribution in [1.29, 1.82) is 0 Å². The Morgan fingerprint density at radius 3 is 1.96 bits per heavy atom. The van der Waals surface area contributed by atoms with Crippen LogP contribution in [-0.2, 0) is 28.9 Å². The highest BCUT2D eigenvalue weighted by molar-refractivity contribution is 9.09. The number of carbonyl (C=O) groups is 2. The van der Waals surface area contributed by atoms with Crippen LogP contribution in [-0.4, -0.2) is 38.9 Å². The van der Waals surface area contributed by atoms with Gasteiger partial charge in [-0.1, -0.05) is 34.1 Å². The second kappa shape index (κ2) is 9.15. The van der Waals surface area contributed by atoms with Crippen molar-refractivity contribution in [3.8, 4) is 0 Å². The van der Waals surface area contributed by atoms with Crippen molar-refractivity contribution >= 4 is 37.7 Å². The number of esters is 2. The van der Waals surface area contributed by atoms with Crippen LogP contribution in [0, 0.1) is 5.41 Å². The van der Waals surface area contributed by atoms with Gasteiger partial charge in [-0.25, -0.2) is 8.42 Å². The van der Waals surface area contributed by atoms with E-state index in [4.69, 9.17) is 9.47 Å². The van der Waals surface area contributed by atoms with Gasteiger partial charge < -0.3 is 9.47 Å². The van der Waals surface area contributed by atoms with Crippen LogP contribution >= 0.6 is 15.9 Å². The van der Waals surface area contributed by atoms with Crippen molar-refractivity contribution in [2.75, 3.05) is 18.5 Å². The van der Waals surface area contributed by atoms with Gasteiger partial charge in [0.25, 0.3) is 0 Å². The summed E-state index contributed by atoms with van der Waals surface area (Å²) >= 11 is 3.17. The molecule has 6 nitrogen and oxygen atoms in total. The molecule has 138 valence electrons. The molecule has 0 unspecified atom stereocenters. The second-order valence-corrected chi connectivity index (χ2v) is 7.56. The maximum absolute atomic E-state index is 12.6. The largest absolute Gasteiger partial charge is 0.465 e. The fourth-order valence-corrected chi connectivity index (χ4v) is 4.35. The Morgan fingerprint density at radius 1 is 1.08 bits per heavy atom. The van der Waals surface area contributed by atoms with Crippen LogP contribution in [0.25, 0.3) is 0 Å². The van der Waals surface area contributed by atoms with Crippen molar-refractivity contribution < 1.29 is 27.5 Å². The third-order valence-corrected chi connectivity index (χ3v) is 5.65. The average molecular weight is 433 g/mol. The van der Waals surface area contributed by atoms with Gasteiger partial charge in [0.1, 0.15) is 0 Å². The van der Waals surface area contributed by atoms with Crippen molar-refractivity contribution in [1.82, 2.24) is 0 Å². The van der Waals surface area contributed by atoms with Crippen LogP contribution in [0.15, 0.2) is 46.2 Å². The first-order valence-electron chi connectivity index (χ1n) is 7.65. The molecule has 0 aliphatic carbocycles. The molecule has 0 saturated carbocycles. The summed E-state index contributed by atoms with van der Waals surface area (Å²) in [6, 6.07) is 7.73. The number of benzene rings is 1. The average Bonchev–Trinajstić information content (AvgIpc) is 2.60. The maximum Gasteiger partial charge on any atom is 0.327 e. The number of ether oxygens (including phenoxy) is 2. The first-order chi connectivity index (χ1) is 11.7. The minimum absolute atomic E-state index is 0.0206. The molecule has 8 heteroatoms. The first kappa shape index (κ1) is 21.4. The third-order valence-electron chi connectivity index (χ3n) is 3.52. The van der Waals surface area contributed by atoms with Gasteiger partial charge in [0, 0.05) is 10.7 Å². The molecule has 0 spiro atoms. The predicted octanol–water partition coefficient (Wildman–Crippen LogP) is 2.87. The van der Waals surface area contributed by atoms with E-state index < -0.39 is 27.2 Å². The second-order valence-electron chi connectivity index (χ2n) is 5.20. The number of halogens is 1. The summed E-state index contributed by atoms with van der Waals surface area (Å²) in [5.41, 5.74) is -1.83. The van der Waals surface area contributed by atoms with Crippen LogP contribution in [0.2, 0.25) is 0 Å². The highest BCUT2D eigenvalue weighted by Crippen LogP contribution is 2.33. The third kappa shape index (κ3) is 4.92. The summed E-state index contributed by atoms with van der Waals surface area (Å²) in [5.74, 6) is -1.72. The monoisotopic (exact) mass is 432 g/mol. The summed E-state index contributed by atoms with van der Waals surface area (Å²) in [5, 5.41) is 0.901. The Kier molecular flexibility index (Phi) is 7.82. The zero-order valence-corrected chi connectivity index (χ0v) is 16.7. The highest BCUT2D eigenvalue weighted by atomic mass is 79.9. The van der Waals surface area contributed by atoms with Gasteiger partial charge in [0.2, 0.25) is 0 Å². The van der Waals surface area contributed by atoms with Crippen molar-refractivity contribution in [2.45, 2.75) is 25.7 Å². The summed E-state index contributed by atoms with van der Waals surface area (Å²) in [7, 11) is -3.86. The summed E-state index contributed by atoms with van der Waals surface area (Å²) < 4.78 is 35.2. The standard InChI is InChI=1S/C17H21BrO6S/c1-4-23-15(19)17(3,16(20)24-5-2)13(11-18)12-25(21,22)14-9-7-6-8-10-14/h6-10,12H,4-5,11H2,1-3H3/b13-12+. The molecule has 0 heterocycles. The Hall–Kier alpha value is -1.67. The van der Waals surface area contributed by atoms with Crippen LogP contribution in [0.3, 0.4) is 0 Å². The van der Waals surface area contributed by atoms with Gasteiger partial charge in [-0.2, -0.15) is 0 Å². The van der Waals surface area contributed by atoms with Crippen LogP contribution in [0.4, 0.5) is 0 Å². The molecule has 0 aliphatic heterocycles. The molecule has 1 aromatic rings. The zero-order valence-electron chi connectivity index (χ0n) is 14.3. The molecular formula is C17H21BrO6S. The molecule has 0 aliphatic rings. The van der Waals surface area contributed by atoms with Crippen molar-refractivity contribution in [2.24, 2.45) is 5.41 Å². The lowest BCUT2D eigenvalue weighted by molar-refractivity contribution is -0.167. The quantitative estimate of drug-likeness (QED) is 0.356. The van der Waals surface area contributed by atoms with Crippen LogP contribution in [0.1, 0.15) is 20.8 Å². The lowest BCUT2D eigenvalue weighted by atomic mass is 9.83. The van der Waals surface area contributed by atoms with E-state index in [9.17, 15) is 18.0 Å². The number of rotatable bonds is 8. The molecular weight excluding hydrogens is 412 g/mol. The number of sulfone groups is 1. The van der Waals surface area contributed by atoms with E-state index >= 15 is 0 Å². The fraction of sp³-hybridized carbons (Fsp3) is 0.412. The van der Waals surface area contributed by atoms with Crippen molar-refractivity contribution in [3.63, 3.8) is 0 Å². The van der Waals surface area contributed by atoms with E-state index in [2.05, 4.69) is 15.9 Å². The number of carbonyl (C=O) groups excluding carboxylic acids is 2. The molecule has 0 bridgehead atoms. The Labute approximate surface area is 156 Å². The topological polar surface area (TPSA) is 86.7 Å². The van der Waals surface area contributed by atoms with Gasteiger partial charge in [0.05, 0.1) is 18.1 Å². The lowest BCUT2D eigenvalue weighted by Crippen LogP contribution is -2.42. The number of hydrogen-bond donors (Lipinski definition) is 0. The van der Waals surface area contributed by atoms with E-state index in [0.717, 1.165) is 5.41 Å². The molecule has 0 atom stereocenters. The molecule has 0 amide bonds. The molecule has 1 rings (SSSR count). The molecule has 0 aromatic heterocycles. The van der Waals surface area contributed by atoms with Crippen LogP contribution in [0.5, 0.6) is 0 Å². The smallest absolute Gasteiger partial charge is 0.327 e. The predicted molar refractivity (Wildman–Crippen MR) is 96.9 cm³/mol. The SMILES string of the molecule is CCOC(=O)C(C)(C(=O)OCC)/C(=C/S(=O)(=O)c1ccccc1)CBr. The number of hydrogen-bond acceptors (Lipinski definition) is 6. The van der Waals surface area contributed by atoms with Gasteiger partial charge in [-0.3, -0.25) is 9.59 Å². The lowest BCUT2D eigenvalue weighted by Gasteiger charge is -2.27. The van der Waals surface area contributed by atoms with E-state index in [0.29, 0.717) is 0 Å². The van der Waals surface area contributed by atoms with Gasteiger partial charge in [-0.05, 0) is 38.5 Å². The normalized spacial score (nSPS) is 12.6. The maximum atomic E-state index is 12.6. The van der Waals surface area contributed by atoms with Gasteiger partial charge in [-0.15, -0.1) is 0 Å². The minimum atomic E-state index is -3.86. The molecule has 0 saturated heterocycles. The summed E-state index contributed by atoms with van der Waals surface area (Å²) in [4.78, 5) is 24.9. The molecule has 0 fully saturated rings. The molecule has 0 radical (unpaired) electrons.